The Balaban J connectivity index is 2.05. The Morgan fingerprint density at radius 2 is 1.58 bits per heavy atom. The number of nitrogens with one attached hydrogen (secondary N) is 1. The molecule has 3 rings (SSSR count). The number of methoxy groups -OCH3 is 3. The zero-order valence-electron chi connectivity index (χ0n) is 13.5. The summed E-state index contributed by atoms with van der Waals surface area (Å²) in [6.45, 7) is 0. The summed E-state index contributed by atoms with van der Waals surface area (Å²) in [5.41, 5.74) is 1.59. The lowest BCUT2D eigenvalue weighted by Gasteiger charge is -2.14. The molecule has 0 atom stereocenters. The number of hydrogen-bond acceptors (Lipinski definition) is 5. The Morgan fingerprint density at radius 1 is 0.875 bits per heavy atom. The van der Waals surface area contributed by atoms with Gasteiger partial charge in [0, 0.05) is 10.6 Å². The summed E-state index contributed by atoms with van der Waals surface area (Å²) in [6.07, 6.45) is 0. The molecule has 0 saturated heterocycles. The monoisotopic (exact) mass is 345 g/mol. The van der Waals surface area contributed by atoms with Crippen molar-refractivity contribution < 1.29 is 14.2 Å². The number of hydrogen-bond donors (Lipinski definition) is 1. The second-order valence-corrected chi connectivity index (χ2v) is 5.33. The molecule has 0 amide bonds. The molecule has 0 fully saturated rings. The molecular formula is C17H16ClN3O3. The average Bonchev–Trinajstić information content (AvgIpc) is 3.10. The minimum Gasteiger partial charge on any atom is -0.493 e. The molecule has 0 unspecified atom stereocenters. The molecule has 0 aliphatic heterocycles. The van der Waals surface area contributed by atoms with Crippen molar-refractivity contribution in [3.63, 3.8) is 0 Å². The fourth-order valence-corrected chi connectivity index (χ4v) is 2.52. The van der Waals surface area contributed by atoms with Gasteiger partial charge in [-0.1, -0.05) is 11.6 Å². The number of aromatic nitrogens is 3. The number of nitrogens with zero attached hydrogens (tertiary/aromatic N) is 2. The van der Waals surface area contributed by atoms with Crippen LogP contribution in [0.3, 0.4) is 0 Å². The van der Waals surface area contributed by atoms with E-state index in [0.29, 0.717) is 33.9 Å². The Morgan fingerprint density at radius 3 is 2.21 bits per heavy atom. The summed E-state index contributed by atoms with van der Waals surface area (Å²) < 4.78 is 16.2. The van der Waals surface area contributed by atoms with Crippen LogP contribution in [0.5, 0.6) is 17.2 Å². The zero-order valence-corrected chi connectivity index (χ0v) is 14.2. The predicted octanol–water partition coefficient (Wildman–Crippen LogP) is 3.82. The van der Waals surface area contributed by atoms with Gasteiger partial charge in [-0.15, -0.1) is 0 Å². The van der Waals surface area contributed by atoms with Gasteiger partial charge in [0.05, 0.1) is 26.9 Å². The largest absolute Gasteiger partial charge is 0.493 e. The van der Waals surface area contributed by atoms with Gasteiger partial charge in [-0.05, 0) is 36.4 Å². The second kappa shape index (κ2) is 6.80. The third-order valence-electron chi connectivity index (χ3n) is 3.55. The summed E-state index contributed by atoms with van der Waals surface area (Å²) in [6, 6.07) is 10.9. The first kappa shape index (κ1) is 16.1. The van der Waals surface area contributed by atoms with E-state index in [4.69, 9.17) is 25.8 Å². The number of rotatable bonds is 5. The Labute approximate surface area is 144 Å². The second-order valence-electron chi connectivity index (χ2n) is 4.90. The Bertz CT molecular complexity index is 847. The molecule has 2 aromatic carbocycles. The molecule has 1 heterocycles. The fraction of sp³-hybridized carbons (Fsp3) is 0.176. The maximum absolute atomic E-state index is 5.91. The van der Waals surface area contributed by atoms with Gasteiger partial charge < -0.3 is 14.2 Å². The highest BCUT2D eigenvalue weighted by Crippen LogP contribution is 2.43. The molecule has 24 heavy (non-hydrogen) atoms. The molecular weight excluding hydrogens is 330 g/mol. The SMILES string of the molecule is COc1ccc(-c2nc(-c3ccc(Cl)cc3)n[nH]2)c(OC)c1OC. The van der Waals surface area contributed by atoms with Crippen LogP contribution < -0.4 is 14.2 Å². The molecule has 1 aromatic heterocycles. The van der Waals surface area contributed by atoms with E-state index in [9.17, 15) is 0 Å². The van der Waals surface area contributed by atoms with Gasteiger partial charge in [0.25, 0.3) is 0 Å². The van der Waals surface area contributed by atoms with Crippen LogP contribution in [0.4, 0.5) is 0 Å². The van der Waals surface area contributed by atoms with E-state index in [1.54, 1.807) is 39.5 Å². The molecule has 6 nitrogen and oxygen atoms in total. The van der Waals surface area contributed by atoms with Crippen LogP contribution >= 0.6 is 11.6 Å². The van der Waals surface area contributed by atoms with Crippen molar-refractivity contribution in [1.82, 2.24) is 15.2 Å². The van der Waals surface area contributed by atoms with Crippen molar-refractivity contribution >= 4 is 11.6 Å². The standard InChI is InChI=1S/C17H16ClN3O3/c1-22-13-9-8-12(14(23-2)15(13)24-3)17-19-16(20-21-17)10-4-6-11(18)7-5-10/h4-9H,1-3H3,(H,19,20,21). The van der Waals surface area contributed by atoms with Crippen LogP contribution in [0.15, 0.2) is 36.4 Å². The minimum atomic E-state index is 0.502. The Hall–Kier alpha value is -2.73. The molecule has 124 valence electrons. The van der Waals surface area contributed by atoms with Crippen LogP contribution in [0.1, 0.15) is 0 Å². The van der Waals surface area contributed by atoms with Crippen molar-refractivity contribution in [3.05, 3.63) is 41.4 Å². The first-order valence-electron chi connectivity index (χ1n) is 7.15. The molecule has 0 saturated carbocycles. The van der Waals surface area contributed by atoms with Gasteiger partial charge in [-0.2, -0.15) is 5.10 Å². The Kier molecular flexibility index (Phi) is 4.57. The van der Waals surface area contributed by atoms with Crippen LogP contribution in [-0.4, -0.2) is 36.5 Å². The highest BCUT2D eigenvalue weighted by molar-refractivity contribution is 6.30. The lowest BCUT2D eigenvalue weighted by molar-refractivity contribution is 0.325. The average molecular weight is 346 g/mol. The molecule has 0 aliphatic carbocycles. The minimum absolute atomic E-state index is 0.502. The summed E-state index contributed by atoms with van der Waals surface area (Å²) in [5, 5.41) is 7.85. The van der Waals surface area contributed by atoms with E-state index in [0.717, 1.165) is 11.1 Å². The van der Waals surface area contributed by atoms with Gasteiger partial charge in [0.15, 0.2) is 23.1 Å². The third kappa shape index (κ3) is 2.88. The number of ether oxygens (including phenoxy) is 3. The zero-order chi connectivity index (χ0) is 17.1. The van der Waals surface area contributed by atoms with Crippen LogP contribution in [0, 0.1) is 0 Å². The van der Waals surface area contributed by atoms with Crippen LogP contribution in [-0.2, 0) is 0 Å². The third-order valence-corrected chi connectivity index (χ3v) is 3.80. The molecule has 7 heteroatoms. The van der Waals surface area contributed by atoms with Crippen molar-refractivity contribution in [3.8, 4) is 40.0 Å². The summed E-state index contributed by atoms with van der Waals surface area (Å²) in [4.78, 5) is 4.53. The van der Waals surface area contributed by atoms with E-state index in [1.807, 2.05) is 18.2 Å². The predicted molar refractivity (Wildman–Crippen MR) is 91.9 cm³/mol. The highest BCUT2D eigenvalue weighted by Gasteiger charge is 2.19. The van der Waals surface area contributed by atoms with Crippen LogP contribution in [0.2, 0.25) is 5.02 Å². The van der Waals surface area contributed by atoms with Gasteiger partial charge in [0.1, 0.15) is 0 Å². The first-order valence-corrected chi connectivity index (χ1v) is 7.53. The summed E-state index contributed by atoms with van der Waals surface area (Å²) >= 11 is 5.91. The van der Waals surface area contributed by atoms with Crippen molar-refractivity contribution in [2.45, 2.75) is 0 Å². The van der Waals surface area contributed by atoms with E-state index < -0.39 is 0 Å². The van der Waals surface area contributed by atoms with Crippen molar-refractivity contribution in [1.29, 1.82) is 0 Å². The van der Waals surface area contributed by atoms with Gasteiger partial charge in [0.2, 0.25) is 5.75 Å². The summed E-state index contributed by atoms with van der Waals surface area (Å²) in [5.74, 6) is 2.74. The normalized spacial score (nSPS) is 10.5. The molecule has 3 aromatic rings. The molecule has 0 bridgehead atoms. The maximum Gasteiger partial charge on any atom is 0.204 e. The number of aromatic amines is 1. The number of H-pyrrole nitrogens is 1. The number of benzene rings is 2. The number of halogens is 1. The lowest BCUT2D eigenvalue weighted by atomic mass is 10.1. The van der Waals surface area contributed by atoms with Gasteiger partial charge in [-0.3, -0.25) is 5.10 Å². The van der Waals surface area contributed by atoms with E-state index in [2.05, 4.69) is 15.2 Å². The van der Waals surface area contributed by atoms with Crippen LogP contribution in [0.25, 0.3) is 22.8 Å². The van der Waals surface area contributed by atoms with Crippen molar-refractivity contribution in [2.24, 2.45) is 0 Å². The van der Waals surface area contributed by atoms with E-state index in [-0.39, 0.29) is 0 Å². The van der Waals surface area contributed by atoms with Gasteiger partial charge in [-0.25, -0.2) is 4.98 Å². The lowest BCUT2D eigenvalue weighted by Crippen LogP contribution is -1.97. The molecule has 1 N–H and O–H groups in total. The fourth-order valence-electron chi connectivity index (χ4n) is 2.40. The molecule has 0 aliphatic rings. The van der Waals surface area contributed by atoms with E-state index in [1.165, 1.54) is 0 Å². The molecule has 0 radical (unpaired) electrons. The maximum atomic E-state index is 5.91. The smallest absolute Gasteiger partial charge is 0.204 e. The quantitative estimate of drug-likeness (QED) is 0.761. The highest BCUT2D eigenvalue weighted by atomic mass is 35.5. The molecule has 0 spiro atoms. The van der Waals surface area contributed by atoms with Gasteiger partial charge >= 0.3 is 0 Å². The topological polar surface area (TPSA) is 69.3 Å². The van der Waals surface area contributed by atoms with E-state index >= 15 is 0 Å². The summed E-state index contributed by atoms with van der Waals surface area (Å²) in [7, 11) is 4.70. The van der Waals surface area contributed by atoms with Crippen molar-refractivity contribution in [2.75, 3.05) is 21.3 Å². The first-order chi connectivity index (χ1) is 11.7.